The Balaban J connectivity index is 2.64. The minimum Gasteiger partial charge on any atom is -0.451 e. The maximum Gasteiger partial charge on any atom is 0.329 e. The lowest BCUT2D eigenvalue weighted by atomic mass is 10.2. The number of anilines is 1. The van der Waals surface area contributed by atoms with E-state index in [0.717, 1.165) is 0 Å². The molecule has 1 rings (SSSR count). The number of ether oxygens (including phenoxy) is 1. The molecule has 1 aromatic carbocycles. The smallest absolute Gasteiger partial charge is 0.329 e. The summed E-state index contributed by atoms with van der Waals surface area (Å²) in [7, 11) is 0. The second-order valence-corrected chi connectivity index (χ2v) is 4.65. The summed E-state index contributed by atoms with van der Waals surface area (Å²) in [6.07, 6.45) is -1.06. The molecule has 2 N–H and O–H groups in total. The lowest BCUT2D eigenvalue weighted by Gasteiger charge is -2.17. The van der Waals surface area contributed by atoms with Crippen LogP contribution in [0.3, 0.4) is 0 Å². The van der Waals surface area contributed by atoms with Crippen LogP contribution < -0.4 is 10.6 Å². The van der Waals surface area contributed by atoms with Crippen molar-refractivity contribution in [3.05, 3.63) is 29.8 Å². The van der Waals surface area contributed by atoms with E-state index in [-0.39, 0.29) is 5.91 Å². The highest BCUT2D eigenvalue weighted by atomic mass is 16.5. The van der Waals surface area contributed by atoms with E-state index in [9.17, 15) is 14.4 Å². The van der Waals surface area contributed by atoms with Crippen molar-refractivity contribution in [1.29, 1.82) is 5.26 Å². The first-order chi connectivity index (χ1) is 10.3. The summed E-state index contributed by atoms with van der Waals surface area (Å²) in [5, 5.41) is 13.8. The normalized spacial score (nSPS) is 12.5. The van der Waals surface area contributed by atoms with Crippen LogP contribution in [0.4, 0.5) is 5.69 Å². The number of benzene rings is 1. The highest BCUT2D eigenvalue weighted by molar-refractivity contribution is 5.96. The van der Waals surface area contributed by atoms with E-state index >= 15 is 0 Å². The zero-order valence-corrected chi connectivity index (χ0v) is 12.5. The Bertz CT molecular complexity index is 621. The number of hydrogen-bond donors (Lipinski definition) is 2. The molecule has 0 fully saturated rings. The molecule has 0 saturated heterocycles. The van der Waals surface area contributed by atoms with Gasteiger partial charge in [-0.15, -0.1) is 0 Å². The number of nitrogens with one attached hydrogen (secondary N) is 2. The predicted molar refractivity (Wildman–Crippen MR) is 78.6 cm³/mol. The number of para-hydroxylation sites is 1. The molecular weight excluding hydrogens is 286 g/mol. The molecule has 7 heteroatoms. The average molecular weight is 303 g/mol. The molecule has 22 heavy (non-hydrogen) atoms. The van der Waals surface area contributed by atoms with E-state index in [1.165, 1.54) is 20.8 Å². The summed E-state index contributed by atoms with van der Waals surface area (Å²) in [4.78, 5) is 34.5. The molecule has 0 aliphatic carbocycles. The molecular formula is C15H17N3O4. The molecule has 0 aliphatic rings. The molecule has 0 unspecified atom stereocenters. The molecule has 0 bridgehead atoms. The standard InChI is InChI=1S/C15H17N3O4/c1-9(17-11(3)19)15(21)22-10(2)14(20)18-13-7-5-4-6-12(13)8-16/h4-7,9-10H,1-3H3,(H,17,19)(H,18,20)/t9-,10+/m1/s1. The molecule has 116 valence electrons. The van der Waals surface area contributed by atoms with Crippen LogP contribution in [-0.4, -0.2) is 29.9 Å². The number of hydrogen-bond acceptors (Lipinski definition) is 5. The minimum atomic E-state index is -1.06. The van der Waals surface area contributed by atoms with E-state index in [0.29, 0.717) is 11.3 Å². The average Bonchev–Trinajstić information content (AvgIpc) is 2.46. The second kappa shape index (κ2) is 7.78. The van der Waals surface area contributed by atoms with Crippen molar-refractivity contribution in [1.82, 2.24) is 5.32 Å². The summed E-state index contributed by atoms with van der Waals surface area (Å²) in [5.41, 5.74) is 0.647. The number of rotatable bonds is 5. The maximum absolute atomic E-state index is 12.0. The summed E-state index contributed by atoms with van der Waals surface area (Å²) < 4.78 is 4.97. The molecule has 0 radical (unpaired) electrons. The molecule has 2 amide bonds. The van der Waals surface area contributed by atoms with Crippen molar-refractivity contribution in [2.45, 2.75) is 32.9 Å². The number of nitrogens with zero attached hydrogens (tertiary/aromatic N) is 1. The third kappa shape index (κ3) is 4.90. The first-order valence-electron chi connectivity index (χ1n) is 6.62. The number of carbonyl (C=O) groups excluding carboxylic acids is 3. The monoisotopic (exact) mass is 303 g/mol. The van der Waals surface area contributed by atoms with Crippen LogP contribution in [0.15, 0.2) is 24.3 Å². The van der Waals surface area contributed by atoms with Crippen molar-refractivity contribution in [3.8, 4) is 6.07 Å². The fourth-order valence-electron chi connectivity index (χ4n) is 1.62. The zero-order chi connectivity index (χ0) is 16.7. The Kier molecular flexibility index (Phi) is 6.08. The molecule has 0 aliphatic heterocycles. The van der Waals surface area contributed by atoms with Gasteiger partial charge in [0, 0.05) is 6.92 Å². The summed E-state index contributed by atoms with van der Waals surface area (Å²) in [5.74, 6) is -1.65. The Morgan fingerprint density at radius 3 is 2.45 bits per heavy atom. The van der Waals surface area contributed by atoms with Gasteiger partial charge in [0.1, 0.15) is 12.1 Å². The van der Waals surface area contributed by atoms with Crippen LogP contribution in [0, 0.1) is 11.3 Å². The van der Waals surface area contributed by atoms with Crippen molar-refractivity contribution in [2.75, 3.05) is 5.32 Å². The van der Waals surface area contributed by atoms with E-state index in [1.807, 2.05) is 6.07 Å². The Morgan fingerprint density at radius 1 is 1.23 bits per heavy atom. The number of esters is 1. The Labute approximate surface area is 128 Å². The highest BCUT2D eigenvalue weighted by Crippen LogP contribution is 2.14. The van der Waals surface area contributed by atoms with Gasteiger partial charge in [0.2, 0.25) is 5.91 Å². The zero-order valence-electron chi connectivity index (χ0n) is 12.5. The number of carbonyl (C=O) groups is 3. The fraction of sp³-hybridized carbons (Fsp3) is 0.333. The third-order valence-electron chi connectivity index (χ3n) is 2.74. The minimum absolute atomic E-state index is 0.306. The van der Waals surface area contributed by atoms with Crippen molar-refractivity contribution < 1.29 is 19.1 Å². The molecule has 7 nitrogen and oxygen atoms in total. The van der Waals surface area contributed by atoms with Gasteiger partial charge < -0.3 is 15.4 Å². The Hall–Kier alpha value is -2.88. The van der Waals surface area contributed by atoms with Crippen LogP contribution in [0.5, 0.6) is 0 Å². The molecule has 0 spiro atoms. The first kappa shape index (κ1) is 17.2. The van der Waals surface area contributed by atoms with E-state index < -0.39 is 24.0 Å². The maximum atomic E-state index is 12.0. The second-order valence-electron chi connectivity index (χ2n) is 4.65. The van der Waals surface area contributed by atoms with Crippen LogP contribution in [0.1, 0.15) is 26.3 Å². The lowest BCUT2D eigenvalue weighted by molar-refractivity contribution is -0.155. The first-order valence-corrected chi connectivity index (χ1v) is 6.62. The van der Waals surface area contributed by atoms with Gasteiger partial charge in [0.25, 0.3) is 5.91 Å². The number of amides is 2. The van der Waals surface area contributed by atoms with E-state index in [2.05, 4.69) is 10.6 Å². The molecule has 1 aromatic rings. The van der Waals surface area contributed by atoms with Gasteiger partial charge in [0.15, 0.2) is 6.10 Å². The van der Waals surface area contributed by atoms with Gasteiger partial charge in [-0.05, 0) is 26.0 Å². The van der Waals surface area contributed by atoms with Gasteiger partial charge in [-0.25, -0.2) is 4.79 Å². The Morgan fingerprint density at radius 2 is 1.86 bits per heavy atom. The summed E-state index contributed by atoms with van der Waals surface area (Å²) in [6.45, 7) is 4.14. The van der Waals surface area contributed by atoms with Gasteiger partial charge in [-0.2, -0.15) is 5.26 Å². The van der Waals surface area contributed by atoms with Gasteiger partial charge in [0.05, 0.1) is 11.3 Å². The van der Waals surface area contributed by atoms with Crippen molar-refractivity contribution in [2.24, 2.45) is 0 Å². The third-order valence-corrected chi connectivity index (χ3v) is 2.74. The predicted octanol–water partition coefficient (Wildman–Crippen LogP) is 0.953. The molecule has 0 aromatic heterocycles. The quantitative estimate of drug-likeness (QED) is 0.787. The van der Waals surface area contributed by atoms with Gasteiger partial charge in [-0.1, -0.05) is 12.1 Å². The van der Waals surface area contributed by atoms with Crippen LogP contribution in [-0.2, 0) is 19.1 Å². The van der Waals surface area contributed by atoms with E-state index in [1.54, 1.807) is 24.3 Å². The summed E-state index contributed by atoms with van der Waals surface area (Å²) >= 11 is 0. The SMILES string of the molecule is CC(=O)N[C@H](C)C(=O)O[C@@H](C)C(=O)Nc1ccccc1C#N. The molecule has 0 heterocycles. The molecule has 2 atom stereocenters. The van der Waals surface area contributed by atoms with Gasteiger partial charge >= 0.3 is 5.97 Å². The van der Waals surface area contributed by atoms with E-state index in [4.69, 9.17) is 10.00 Å². The van der Waals surface area contributed by atoms with Gasteiger partial charge in [-0.3, -0.25) is 9.59 Å². The van der Waals surface area contributed by atoms with Crippen LogP contribution >= 0.6 is 0 Å². The fourth-order valence-corrected chi connectivity index (χ4v) is 1.62. The highest BCUT2D eigenvalue weighted by Gasteiger charge is 2.22. The van der Waals surface area contributed by atoms with Crippen molar-refractivity contribution >= 4 is 23.5 Å². The number of nitriles is 1. The topological polar surface area (TPSA) is 108 Å². The largest absolute Gasteiger partial charge is 0.451 e. The lowest BCUT2D eigenvalue weighted by Crippen LogP contribution is -2.41. The van der Waals surface area contributed by atoms with Crippen LogP contribution in [0.2, 0.25) is 0 Å². The van der Waals surface area contributed by atoms with Crippen molar-refractivity contribution in [3.63, 3.8) is 0 Å². The summed E-state index contributed by atoms with van der Waals surface area (Å²) in [6, 6.07) is 7.58. The van der Waals surface area contributed by atoms with Crippen LogP contribution in [0.25, 0.3) is 0 Å². The molecule has 0 saturated carbocycles.